The van der Waals surface area contributed by atoms with E-state index < -0.39 is 5.60 Å². The minimum atomic E-state index is -0.573. The molecule has 0 fully saturated rings. The second kappa shape index (κ2) is 4.83. The Morgan fingerprint density at radius 1 is 1.58 bits per heavy atom. The van der Waals surface area contributed by atoms with E-state index in [1.807, 2.05) is 6.92 Å². The molecule has 0 aromatic rings. The van der Waals surface area contributed by atoms with Crippen molar-refractivity contribution in [1.82, 2.24) is 0 Å². The van der Waals surface area contributed by atoms with Crippen molar-refractivity contribution in [2.75, 3.05) is 7.11 Å². The van der Waals surface area contributed by atoms with E-state index in [0.717, 1.165) is 0 Å². The van der Waals surface area contributed by atoms with Crippen LogP contribution in [-0.2, 0) is 4.74 Å². The van der Waals surface area contributed by atoms with Crippen LogP contribution in [0.5, 0.6) is 0 Å². The van der Waals surface area contributed by atoms with E-state index in [1.165, 1.54) is 12.4 Å². The summed E-state index contributed by atoms with van der Waals surface area (Å²) in [5.41, 5.74) is -0.573. The zero-order valence-corrected chi connectivity index (χ0v) is 7.63. The number of nitrogens with one attached hydrogen (secondary N) is 2. The van der Waals surface area contributed by atoms with Gasteiger partial charge in [-0.2, -0.15) is 0 Å². The Kier molecular flexibility index (Phi) is 4.44. The monoisotopic (exact) mass is 168 g/mol. The largest absolute Gasteiger partial charge is 0.373 e. The molecule has 68 valence electrons. The van der Waals surface area contributed by atoms with Crippen molar-refractivity contribution in [3.05, 3.63) is 12.7 Å². The van der Waals surface area contributed by atoms with Gasteiger partial charge in [0.15, 0.2) is 0 Å². The lowest BCUT2D eigenvalue weighted by molar-refractivity contribution is 0.0590. The predicted octanol–water partition coefficient (Wildman–Crippen LogP) is 1.88. The molecule has 3 nitrogen and oxygen atoms in total. The standard InChI is InChI=1S/C9H16N2O/c1-4-8(6-10)5-9(2,7-11)12-3/h4,6-8,10-11H,1,5H2,2-3H3. The lowest BCUT2D eigenvalue weighted by Gasteiger charge is -2.24. The van der Waals surface area contributed by atoms with Crippen LogP contribution < -0.4 is 0 Å². The minimum Gasteiger partial charge on any atom is -0.373 e. The van der Waals surface area contributed by atoms with Crippen LogP contribution in [0, 0.1) is 16.7 Å². The first-order valence-corrected chi connectivity index (χ1v) is 3.82. The highest BCUT2D eigenvalue weighted by Crippen LogP contribution is 2.17. The molecule has 0 aliphatic carbocycles. The van der Waals surface area contributed by atoms with Gasteiger partial charge in [0.1, 0.15) is 5.60 Å². The molecule has 0 aliphatic rings. The van der Waals surface area contributed by atoms with E-state index in [2.05, 4.69) is 6.58 Å². The highest BCUT2D eigenvalue weighted by atomic mass is 16.5. The van der Waals surface area contributed by atoms with Crippen molar-refractivity contribution in [2.24, 2.45) is 5.92 Å². The fourth-order valence-electron chi connectivity index (χ4n) is 0.879. The third kappa shape index (κ3) is 2.96. The van der Waals surface area contributed by atoms with Crippen LogP contribution in [0.2, 0.25) is 0 Å². The number of rotatable bonds is 6. The predicted molar refractivity (Wildman–Crippen MR) is 51.3 cm³/mol. The molecule has 0 aromatic carbocycles. The summed E-state index contributed by atoms with van der Waals surface area (Å²) in [4.78, 5) is 0. The summed E-state index contributed by atoms with van der Waals surface area (Å²) in [5.74, 6) is -0.0171. The van der Waals surface area contributed by atoms with Crippen LogP contribution >= 0.6 is 0 Å². The van der Waals surface area contributed by atoms with Gasteiger partial charge < -0.3 is 15.6 Å². The van der Waals surface area contributed by atoms with Gasteiger partial charge in [0.25, 0.3) is 0 Å². The molecule has 0 amide bonds. The van der Waals surface area contributed by atoms with Gasteiger partial charge >= 0.3 is 0 Å². The SMILES string of the molecule is C=CC(C=N)CC(C)(C=N)OC. The number of ether oxygens (including phenoxy) is 1. The first-order valence-electron chi connectivity index (χ1n) is 3.82. The van der Waals surface area contributed by atoms with E-state index in [0.29, 0.717) is 6.42 Å². The van der Waals surface area contributed by atoms with Gasteiger partial charge in [-0.05, 0) is 13.3 Å². The molecule has 12 heavy (non-hydrogen) atoms. The smallest absolute Gasteiger partial charge is 0.100 e. The Morgan fingerprint density at radius 2 is 2.17 bits per heavy atom. The molecular weight excluding hydrogens is 152 g/mol. The van der Waals surface area contributed by atoms with E-state index in [-0.39, 0.29) is 5.92 Å². The van der Waals surface area contributed by atoms with Gasteiger partial charge in [-0.15, -0.1) is 6.58 Å². The summed E-state index contributed by atoms with van der Waals surface area (Å²) >= 11 is 0. The normalized spacial score (nSPS) is 17.5. The third-order valence-corrected chi connectivity index (χ3v) is 1.93. The topological polar surface area (TPSA) is 56.9 Å². The van der Waals surface area contributed by atoms with Gasteiger partial charge in [0.2, 0.25) is 0 Å². The molecule has 0 heterocycles. The second-order valence-electron chi connectivity index (χ2n) is 2.93. The van der Waals surface area contributed by atoms with Crippen LogP contribution in [0.15, 0.2) is 12.7 Å². The molecule has 0 bridgehead atoms. The molecule has 0 aliphatic heterocycles. The van der Waals surface area contributed by atoms with E-state index in [4.69, 9.17) is 15.6 Å². The molecule has 0 spiro atoms. The lowest BCUT2D eigenvalue weighted by Crippen LogP contribution is -2.31. The van der Waals surface area contributed by atoms with Crippen LogP contribution in [0.4, 0.5) is 0 Å². The number of hydrogen-bond acceptors (Lipinski definition) is 3. The summed E-state index contributed by atoms with van der Waals surface area (Å²) in [5, 5.41) is 14.2. The van der Waals surface area contributed by atoms with Gasteiger partial charge in [-0.25, -0.2) is 0 Å². The van der Waals surface area contributed by atoms with E-state index in [9.17, 15) is 0 Å². The van der Waals surface area contributed by atoms with Crippen LogP contribution in [0.3, 0.4) is 0 Å². The highest BCUT2D eigenvalue weighted by molar-refractivity contribution is 5.67. The van der Waals surface area contributed by atoms with Gasteiger partial charge in [0, 0.05) is 25.5 Å². The first kappa shape index (κ1) is 11.0. The average Bonchev–Trinajstić information content (AvgIpc) is 2.14. The summed E-state index contributed by atoms with van der Waals surface area (Å²) in [7, 11) is 1.56. The fourth-order valence-corrected chi connectivity index (χ4v) is 0.879. The number of allylic oxidation sites excluding steroid dienone is 1. The van der Waals surface area contributed by atoms with Gasteiger partial charge in [-0.3, -0.25) is 0 Å². The molecule has 0 saturated heterocycles. The molecule has 2 N–H and O–H groups in total. The van der Waals surface area contributed by atoms with Crippen molar-refractivity contribution in [1.29, 1.82) is 10.8 Å². The van der Waals surface area contributed by atoms with Crippen molar-refractivity contribution < 1.29 is 4.74 Å². The van der Waals surface area contributed by atoms with Crippen molar-refractivity contribution in [3.63, 3.8) is 0 Å². The van der Waals surface area contributed by atoms with Gasteiger partial charge in [-0.1, -0.05) is 6.08 Å². The molecule has 0 aromatic heterocycles. The van der Waals surface area contributed by atoms with Crippen molar-refractivity contribution >= 4 is 12.4 Å². The number of hydrogen-bond donors (Lipinski definition) is 2. The zero-order valence-electron chi connectivity index (χ0n) is 7.63. The number of methoxy groups -OCH3 is 1. The quantitative estimate of drug-likeness (QED) is 0.461. The van der Waals surface area contributed by atoms with Crippen molar-refractivity contribution in [2.45, 2.75) is 18.9 Å². The van der Waals surface area contributed by atoms with E-state index in [1.54, 1.807) is 13.2 Å². The van der Waals surface area contributed by atoms with Crippen molar-refractivity contribution in [3.8, 4) is 0 Å². The molecule has 0 saturated carbocycles. The van der Waals surface area contributed by atoms with E-state index >= 15 is 0 Å². The maximum absolute atomic E-state index is 7.14. The third-order valence-electron chi connectivity index (χ3n) is 1.93. The average molecular weight is 168 g/mol. The molecule has 2 unspecified atom stereocenters. The Hall–Kier alpha value is -0.960. The lowest BCUT2D eigenvalue weighted by atomic mass is 9.93. The molecular formula is C9H16N2O. The molecule has 2 atom stereocenters. The summed E-state index contributed by atoms with van der Waals surface area (Å²) < 4.78 is 5.13. The van der Waals surface area contributed by atoms with Crippen LogP contribution in [0.1, 0.15) is 13.3 Å². The Labute approximate surface area is 73.5 Å². The Bertz CT molecular complexity index is 171. The summed E-state index contributed by atoms with van der Waals surface area (Å²) in [6, 6.07) is 0. The zero-order chi connectivity index (χ0) is 9.61. The Balaban J connectivity index is 4.26. The molecule has 3 heteroatoms. The molecule has 0 rings (SSSR count). The summed E-state index contributed by atoms with van der Waals surface area (Å²) in [6.45, 7) is 5.42. The first-order chi connectivity index (χ1) is 5.61. The maximum atomic E-state index is 7.14. The van der Waals surface area contributed by atoms with Gasteiger partial charge in [0.05, 0.1) is 0 Å². The van der Waals surface area contributed by atoms with Crippen LogP contribution in [-0.4, -0.2) is 25.1 Å². The maximum Gasteiger partial charge on any atom is 0.100 e. The highest BCUT2D eigenvalue weighted by Gasteiger charge is 2.23. The Morgan fingerprint density at radius 3 is 2.42 bits per heavy atom. The second-order valence-corrected chi connectivity index (χ2v) is 2.93. The summed E-state index contributed by atoms with van der Waals surface area (Å²) in [6.07, 6.45) is 4.86. The minimum absolute atomic E-state index is 0.0171. The fraction of sp³-hybridized carbons (Fsp3) is 0.556. The van der Waals surface area contributed by atoms with Crippen LogP contribution in [0.25, 0.3) is 0 Å². The molecule has 0 radical (unpaired) electrons.